The van der Waals surface area contributed by atoms with Gasteiger partial charge in [-0.2, -0.15) is 0 Å². The zero-order chi connectivity index (χ0) is 26.0. The zero-order valence-corrected chi connectivity index (χ0v) is 18.9. The van der Waals surface area contributed by atoms with Gasteiger partial charge in [0.2, 0.25) is 0 Å². The van der Waals surface area contributed by atoms with Crippen molar-refractivity contribution in [3.8, 4) is 0 Å². The molecule has 15 heteroatoms. The minimum atomic E-state index is -1.85. The molecular weight excluding hydrogens is 487 g/mol. The molecule has 0 aliphatic carbocycles. The molecule has 2 aliphatic heterocycles. The summed E-state index contributed by atoms with van der Waals surface area (Å²) in [6, 6.07) is 2.17. The van der Waals surface area contributed by atoms with Crippen LogP contribution in [0.4, 0.5) is 4.39 Å². The second-order valence-electron chi connectivity index (χ2n) is 8.14. The summed E-state index contributed by atoms with van der Waals surface area (Å²) in [5.41, 5.74) is -2.85. The molecule has 4 rings (SSSR count). The molecule has 4 heterocycles. The molecule has 14 nitrogen and oxygen atoms in total. The average Bonchev–Trinajstić information content (AvgIpc) is 3.32. The van der Waals surface area contributed by atoms with E-state index in [9.17, 15) is 29.4 Å². The second-order valence-corrected chi connectivity index (χ2v) is 8.14. The van der Waals surface area contributed by atoms with E-state index in [2.05, 4.69) is 4.98 Å². The summed E-state index contributed by atoms with van der Waals surface area (Å²) in [6.45, 7) is -0.759. The minimum Gasteiger partial charge on any atom is -0.394 e. The third-order valence-electron chi connectivity index (χ3n) is 5.93. The number of aliphatic hydroxyl groups is 2. The van der Waals surface area contributed by atoms with E-state index in [1.807, 2.05) is 4.98 Å². The molecule has 2 aliphatic rings. The Hall–Kier alpha value is -3.21. The van der Waals surface area contributed by atoms with Crippen LogP contribution >= 0.6 is 0 Å². The second kappa shape index (κ2) is 10.8. The van der Waals surface area contributed by atoms with Gasteiger partial charge in [0, 0.05) is 31.6 Å². The van der Waals surface area contributed by atoms with Crippen molar-refractivity contribution in [2.75, 3.05) is 20.3 Å². The fourth-order valence-corrected chi connectivity index (χ4v) is 4.19. The van der Waals surface area contributed by atoms with Crippen LogP contribution in [0.1, 0.15) is 12.5 Å². The maximum Gasteiger partial charge on any atom is 0.330 e. The van der Waals surface area contributed by atoms with Gasteiger partial charge >= 0.3 is 11.4 Å². The number of hydrogen-bond donors (Lipinski definition) is 4. The Labute approximate surface area is 201 Å². The van der Waals surface area contributed by atoms with E-state index in [1.54, 1.807) is 0 Å². The number of rotatable bonds is 8. The molecule has 36 heavy (non-hydrogen) atoms. The van der Waals surface area contributed by atoms with Crippen LogP contribution in [-0.2, 0) is 18.9 Å². The first-order chi connectivity index (χ1) is 17.2. The molecule has 0 unspecified atom stereocenters. The number of aromatic nitrogens is 4. The van der Waals surface area contributed by atoms with Gasteiger partial charge in [0.05, 0.1) is 13.2 Å². The van der Waals surface area contributed by atoms with Crippen LogP contribution in [0.15, 0.2) is 55.9 Å². The van der Waals surface area contributed by atoms with Crippen LogP contribution in [0, 0.1) is 0 Å². The van der Waals surface area contributed by atoms with Crippen LogP contribution in [0.25, 0.3) is 0 Å². The normalized spacial score (nSPS) is 32.4. The smallest absolute Gasteiger partial charge is 0.330 e. The predicted molar refractivity (Wildman–Crippen MR) is 118 cm³/mol. The van der Waals surface area contributed by atoms with Crippen molar-refractivity contribution in [3.05, 3.63) is 78.4 Å². The number of aromatic amines is 2. The SMILES string of the molecule is CO[C@@H]1[C@H](O)[C@@H](/C=C\CO[C@H]2[C@@H](F)[C@H](n3ccc(=O)[nH]c3=O)O[C@@H]2CO)O[C@H]1n1ccc(=O)[nH]c1=O. The summed E-state index contributed by atoms with van der Waals surface area (Å²) in [6.07, 6.45) is -4.46. The molecule has 0 spiro atoms. The van der Waals surface area contributed by atoms with Crippen molar-refractivity contribution in [1.82, 2.24) is 19.1 Å². The Morgan fingerprint density at radius 1 is 1.03 bits per heavy atom. The molecule has 4 N–H and O–H groups in total. The monoisotopic (exact) mass is 512 g/mol. The van der Waals surface area contributed by atoms with E-state index >= 15 is 4.39 Å². The largest absolute Gasteiger partial charge is 0.394 e. The van der Waals surface area contributed by atoms with E-state index in [4.69, 9.17) is 18.9 Å². The van der Waals surface area contributed by atoms with Crippen molar-refractivity contribution >= 4 is 0 Å². The number of hydrogen-bond acceptors (Lipinski definition) is 10. The third-order valence-corrected chi connectivity index (χ3v) is 5.93. The number of nitrogens with one attached hydrogen (secondary N) is 2. The van der Waals surface area contributed by atoms with Gasteiger partial charge in [-0.1, -0.05) is 12.2 Å². The van der Waals surface area contributed by atoms with Gasteiger partial charge in [-0.15, -0.1) is 0 Å². The van der Waals surface area contributed by atoms with Crippen LogP contribution in [0.3, 0.4) is 0 Å². The van der Waals surface area contributed by atoms with Crippen molar-refractivity contribution in [2.24, 2.45) is 0 Å². The summed E-state index contributed by atoms with van der Waals surface area (Å²) < 4.78 is 39.0. The summed E-state index contributed by atoms with van der Waals surface area (Å²) in [5.74, 6) is 0. The molecule has 2 aromatic rings. The minimum absolute atomic E-state index is 0.175. The standard InChI is InChI=1S/C21H25FN4O10/c1-33-17-15(30)10(35-19(17)26-7-5-13(29)24-21(26)32)3-2-8-34-16-11(9-27)36-18(14(16)22)25-6-4-12(28)23-20(25)31/h2-7,10-11,14-19,27,30H,8-9H2,1H3,(H,23,28,31)(H,24,29,32)/b3-2-/t10-,11-,14-,15-,16-,17-,18-,19-/m1/s1. The fraction of sp³-hybridized carbons (Fsp3) is 0.524. The van der Waals surface area contributed by atoms with Gasteiger partial charge in [-0.25, -0.2) is 14.0 Å². The number of halogens is 1. The topological polar surface area (TPSA) is 187 Å². The Morgan fingerprint density at radius 3 is 2.19 bits per heavy atom. The highest BCUT2D eigenvalue weighted by molar-refractivity contribution is 5.03. The average molecular weight is 512 g/mol. The summed E-state index contributed by atoms with van der Waals surface area (Å²) in [7, 11) is 1.33. The maximum absolute atomic E-state index is 15.1. The molecule has 196 valence electrons. The van der Waals surface area contributed by atoms with Crippen molar-refractivity contribution in [1.29, 1.82) is 0 Å². The van der Waals surface area contributed by atoms with Gasteiger partial charge in [0.1, 0.15) is 30.5 Å². The van der Waals surface area contributed by atoms with Crippen molar-refractivity contribution in [2.45, 2.75) is 49.1 Å². The lowest BCUT2D eigenvalue weighted by Crippen LogP contribution is -2.38. The molecule has 0 radical (unpaired) electrons. The van der Waals surface area contributed by atoms with Gasteiger partial charge in [-0.3, -0.25) is 28.7 Å². The summed E-state index contributed by atoms with van der Waals surface area (Å²) in [5, 5.41) is 20.1. The van der Waals surface area contributed by atoms with Crippen LogP contribution in [0.2, 0.25) is 0 Å². The molecule has 2 saturated heterocycles. The zero-order valence-electron chi connectivity index (χ0n) is 18.9. The van der Waals surface area contributed by atoms with E-state index < -0.39 is 78.3 Å². The number of aliphatic hydroxyl groups excluding tert-OH is 2. The molecule has 0 saturated carbocycles. The first-order valence-corrected chi connectivity index (χ1v) is 10.9. The van der Waals surface area contributed by atoms with Crippen LogP contribution < -0.4 is 22.5 Å². The fourth-order valence-electron chi connectivity index (χ4n) is 4.19. The van der Waals surface area contributed by atoms with E-state index in [-0.39, 0.29) is 6.61 Å². The van der Waals surface area contributed by atoms with Gasteiger partial charge in [-0.05, 0) is 0 Å². The summed E-state index contributed by atoms with van der Waals surface area (Å²) in [4.78, 5) is 50.8. The third kappa shape index (κ3) is 5.02. The predicted octanol–water partition coefficient (Wildman–Crippen LogP) is -2.47. The Kier molecular flexibility index (Phi) is 7.77. The summed E-state index contributed by atoms with van der Waals surface area (Å²) >= 11 is 0. The number of methoxy groups -OCH3 is 1. The molecule has 2 fully saturated rings. The molecule has 0 aromatic carbocycles. The van der Waals surface area contributed by atoms with E-state index in [0.717, 1.165) is 27.5 Å². The van der Waals surface area contributed by atoms with Gasteiger partial charge in [0.15, 0.2) is 18.6 Å². The number of ether oxygens (including phenoxy) is 4. The lowest BCUT2D eigenvalue weighted by molar-refractivity contribution is -0.0586. The number of alkyl halides is 1. The highest BCUT2D eigenvalue weighted by Crippen LogP contribution is 2.33. The van der Waals surface area contributed by atoms with Crippen LogP contribution in [0.5, 0.6) is 0 Å². The molecule has 0 bridgehead atoms. The Balaban J connectivity index is 1.41. The van der Waals surface area contributed by atoms with E-state index in [0.29, 0.717) is 0 Å². The Morgan fingerprint density at radius 2 is 1.64 bits per heavy atom. The highest BCUT2D eigenvalue weighted by atomic mass is 19.1. The highest BCUT2D eigenvalue weighted by Gasteiger charge is 2.47. The maximum atomic E-state index is 15.1. The molecule has 2 aromatic heterocycles. The first kappa shape index (κ1) is 25.9. The first-order valence-electron chi connectivity index (χ1n) is 10.9. The lowest BCUT2D eigenvalue weighted by atomic mass is 10.1. The van der Waals surface area contributed by atoms with Gasteiger partial charge < -0.3 is 29.2 Å². The molecular formula is C21H25FN4O10. The molecule has 8 atom stereocenters. The lowest BCUT2D eigenvalue weighted by Gasteiger charge is -2.19. The number of H-pyrrole nitrogens is 2. The van der Waals surface area contributed by atoms with Crippen molar-refractivity contribution in [3.63, 3.8) is 0 Å². The van der Waals surface area contributed by atoms with Crippen molar-refractivity contribution < 1.29 is 33.6 Å². The number of nitrogens with zero attached hydrogens (tertiary/aromatic N) is 2. The quantitative estimate of drug-likeness (QED) is 0.276. The molecule has 0 amide bonds. The van der Waals surface area contributed by atoms with Crippen LogP contribution in [-0.4, -0.2) is 86.3 Å². The Bertz CT molecular complexity index is 1320. The van der Waals surface area contributed by atoms with Gasteiger partial charge in [0.25, 0.3) is 11.1 Å². The van der Waals surface area contributed by atoms with E-state index in [1.165, 1.54) is 25.5 Å².